The smallest absolute Gasteiger partial charge is 0.307 e. The molecule has 0 saturated heterocycles. The van der Waals surface area contributed by atoms with Gasteiger partial charge >= 0.3 is 5.91 Å². The number of furan rings is 1. The summed E-state index contributed by atoms with van der Waals surface area (Å²) in [6.45, 7) is 0.238. The van der Waals surface area contributed by atoms with Crippen LogP contribution in [0.4, 0.5) is 0 Å². The highest BCUT2D eigenvalue weighted by atomic mass is 16.5. The van der Waals surface area contributed by atoms with Crippen LogP contribution >= 0.6 is 0 Å². The summed E-state index contributed by atoms with van der Waals surface area (Å²) in [6, 6.07) is 23.7. The molecule has 1 aromatic heterocycles. The number of amides is 1. The zero-order valence-corrected chi connectivity index (χ0v) is 17.2. The van der Waals surface area contributed by atoms with Crippen LogP contribution in [0.2, 0.25) is 0 Å². The van der Waals surface area contributed by atoms with Crippen molar-refractivity contribution >= 4 is 23.1 Å². The molecule has 7 nitrogen and oxygen atoms in total. The molecule has 32 heavy (non-hydrogen) atoms. The number of nitrogens with one attached hydrogen (secondary N) is 1. The molecular formula is C25H19N3O4. The molecule has 0 spiro atoms. The van der Waals surface area contributed by atoms with Crippen molar-refractivity contribution in [2.45, 2.75) is 6.61 Å². The fourth-order valence-corrected chi connectivity index (χ4v) is 3.15. The molecule has 1 N–H and O–H groups in total. The van der Waals surface area contributed by atoms with Crippen molar-refractivity contribution in [2.75, 3.05) is 7.11 Å². The van der Waals surface area contributed by atoms with Gasteiger partial charge in [0.1, 0.15) is 12.4 Å². The summed E-state index contributed by atoms with van der Waals surface area (Å²) in [4.78, 5) is 12.4. The fourth-order valence-electron chi connectivity index (χ4n) is 3.15. The van der Waals surface area contributed by atoms with E-state index in [0.717, 1.165) is 10.9 Å². The minimum absolute atomic E-state index is 0.124. The van der Waals surface area contributed by atoms with Crippen LogP contribution in [0.15, 0.2) is 82.3 Å². The van der Waals surface area contributed by atoms with Crippen LogP contribution in [0.3, 0.4) is 0 Å². The molecule has 1 amide bonds. The summed E-state index contributed by atoms with van der Waals surface area (Å²) in [5.74, 6) is 0.765. The Morgan fingerprint density at radius 3 is 2.72 bits per heavy atom. The Balaban J connectivity index is 1.45. The highest BCUT2D eigenvalue weighted by Crippen LogP contribution is 2.28. The van der Waals surface area contributed by atoms with E-state index in [1.807, 2.05) is 48.5 Å². The molecule has 0 fully saturated rings. The van der Waals surface area contributed by atoms with Crippen LogP contribution < -0.4 is 14.9 Å². The van der Waals surface area contributed by atoms with Gasteiger partial charge in [-0.3, -0.25) is 4.79 Å². The number of carbonyl (C=O) groups is 1. The zero-order valence-electron chi connectivity index (χ0n) is 17.2. The Morgan fingerprint density at radius 2 is 1.88 bits per heavy atom. The molecule has 0 aliphatic carbocycles. The molecule has 4 rings (SSSR count). The number of fused-ring (bicyclic) bond motifs is 1. The topological polar surface area (TPSA) is 96.9 Å². The van der Waals surface area contributed by atoms with E-state index in [-0.39, 0.29) is 12.4 Å². The van der Waals surface area contributed by atoms with Gasteiger partial charge in [0, 0.05) is 16.5 Å². The molecule has 0 bridgehead atoms. The van der Waals surface area contributed by atoms with E-state index in [1.165, 1.54) is 6.21 Å². The molecule has 0 aliphatic heterocycles. The van der Waals surface area contributed by atoms with Gasteiger partial charge in [-0.2, -0.15) is 10.4 Å². The zero-order chi connectivity index (χ0) is 22.3. The number of benzene rings is 3. The predicted octanol–water partition coefficient (Wildman–Crippen LogP) is 4.66. The lowest BCUT2D eigenvalue weighted by Gasteiger charge is -2.10. The van der Waals surface area contributed by atoms with Crippen LogP contribution in [0, 0.1) is 11.3 Å². The molecule has 3 aromatic carbocycles. The number of methoxy groups -OCH3 is 1. The molecule has 0 radical (unpaired) electrons. The summed E-state index contributed by atoms with van der Waals surface area (Å²) in [5.41, 5.74) is 4.99. The number of hydrogen-bond donors (Lipinski definition) is 1. The number of para-hydroxylation sites is 2. The molecule has 0 saturated carbocycles. The maximum Gasteiger partial charge on any atom is 0.307 e. The van der Waals surface area contributed by atoms with Gasteiger partial charge in [-0.1, -0.05) is 42.5 Å². The first-order valence-electron chi connectivity index (χ1n) is 9.79. The van der Waals surface area contributed by atoms with Crippen LogP contribution in [-0.4, -0.2) is 19.2 Å². The predicted molar refractivity (Wildman–Crippen MR) is 120 cm³/mol. The monoisotopic (exact) mass is 425 g/mol. The first kappa shape index (κ1) is 20.7. The molecular weight excluding hydrogens is 406 g/mol. The second kappa shape index (κ2) is 9.49. The van der Waals surface area contributed by atoms with Gasteiger partial charge < -0.3 is 13.9 Å². The number of ether oxygens (including phenoxy) is 2. The Bertz CT molecular complexity index is 1330. The summed E-state index contributed by atoms with van der Waals surface area (Å²) >= 11 is 0. The average Bonchev–Trinajstić information content (AvgIpc) is 3.28. The van der Waals surface area contributed by atoms with Gasteiger partial charge in [0.15, 0.2) is 17.1 Å². The number of carbonyl (C=O) groups excluding carboxylic acids is 1. The standard InChI is InChI=1S/C25H19N3O4/c1-30-22-12-6-10-17-13-23(32-24(17)22)25(29)28-27-15-19-8-4-5-11-21(19)31-16-20-9-3-2-7-18(20)14-26/h2-13,15H,16H2,1H3,(H,28,29). The lowest BCUT2D eigenvalue weighted by atomic mass is 10.1. The van der Waals surface area contributed by atoms with Crippen molar-refractivity contribution in [1.82, 2.24) is 5.43 Å². The number of nitrogens with zero attached hydrogens (tertiary/aromatic N) is 2. The van der Waals surface area contributed by atoms with E-state index >= 15 is 0 Å². The molecule has 7 heteroatoms. The molecule has 158 valence electrons. The van der Waals surface area contributed by atoms with Gasteiger partial charge in [0.25, 0.3) is 0 Å². The summed E-state index contributed by atoms with van der Waals surface area (Å²) < 4.78 is 16.8. The van der Waals surface area contributed by atoms with Gasteiger partial charge in [-0.15, -0.1) is 0 Å². The third kappa shape index (κ3) is 4.45. The minimum Gasteiger partial charge on any atom is -0.493 e. The molecule has 0 unspecified atom stereocenters. The highest BCUT2D eigenvalue weighted by Gasteiger charge is 2.14. The average molecular weight is 425 g/mol. The van der Waals surface area contributed by atoms with E-state index in [1.54, 1.807) is 31.4 Å². The molecule has 1 heterocycles. The van der Waals surface area contributed by atoms with Crippen molar-refractivity contribution in [3.05, 3.63) is 95.2 Å². The summed E-state index contributed by atoms with van der Waals surface area (Å²) in [6.07, 6.45) is 1.49. The van der Waals surface area contributed by atoms with Gasteiger partial charge in [-0.25, -0.2) is 5.43 Å². The maximum absolute atomic E-state index is 12.4. The molecule has 0 aliphatic rings. The second-order valence-corrected chi connectivity index (χ2v) is 6.78. The van der Waals surface area contributed by atoms with E-state index < -0.39 is 5.91 Å². The Morgan fingerprint density at radius 1 is 1.09 bits per heavy atom. The SMILES string of the molecule is COc1cccc2cc(C(=O)NN=Cc3ccccc3OCc3ccccc3C#N)oc12. The normalized spacial score (nSPS) is 10.8. The van der Waals surface area contributed by atoms with Crippen LogP contribution in [0.1, 0.15) is 27.2 Å². The van der Waals surface area contributed by atoms with Crippen molar-refractivity contribution in [3.63, 3.8) is 0 Å². The lowest BCUT2D eigenvalue weighted by Crippen LogP contribution is -2.16. The van der Waals surface area contributed by atoms with Crippen molar-refractivity contribution < 1.29 is 18.7 Å². The second-order valence-electron chi connectivity index (χ2n) is 6.78. The third-order valence-electron chi connectivity index (χ3n) is 4.76. The highest BCUT2D eigenvalue weighted by molar-refractivity contribution is 5.97. The van der Waals surface area contributed by atoms with Crippen LogP contribution in [-0.2, 0) is 6.61 Å². The van der Waals surface area contributed by atoms with Crippen molar-refractivity contribution in [3.8, 4) is 17.6 Å². The molecule has 0 atom stereocenters. The first-order chi connectivity index (χ1) is 15.7. The molecule has 4 aromatic rings. The number of rotatable bonds is 7. The van der Waals surface area contributed by atoms with Crippen molar-refractivity contribution in [1.29, 1.82) is 5.26 Å². The Labute approximate surface area is 184 Å². The fraction of sp³-hybridized carbons (Fsp3) is 0.0800. The van der Waals surface area contributed by atoms with Crippen LogP contribution in [0.25, 0.3) is 11.0 Å². The number of hydrogen-bond acceptors (Lipinski definition) is 6. The maximum atomic E-state index is 12.4. The number of hydrazone groups is 1. The number of nitriles is 1. The summed E-state index contributed by atoms with van der Waals surface area (Å²) in [7, 11) is 1.54. The van der Waals surface area contributed by atoms with E-state index in [9.17, 15) is 10.1 Å². The lowest BCUT2D eigenvalue weighted by molar-refractivity contribution is 0.0929. The quantitative estimate of drug-likeness (QED) is 0.343. The van der Waals surface area contributed by atoms with E-state index in [2.05, 4.69) is 16.6 Å². The first-order valence-corrected chi connectivity index (χ1v) is 9.79. The van der Waals surface area contributed by atoms with E-state index in [0.29, 0.717) is 28.2 Å². The van der Waals surface area contributed by atoms with E-state index in [4.69, 9.17) is 13.9 Å². The van der Waals surface area contributed by atoms with Crippen LogP contribution in [0.5, 0.6) is 11.5 Å². The largest absolute Gasteiger partial charge is 0.493 e. The Hall–Kier alpha value is -4.57. The van der Waals surface area contributed by atoms with Gasteiger partial charge in [0.2, 0.25) is 0 Å². The summed E-state index contributed by atoms with van der Waals surface area (Å²) in [5, 5.41) is 14.0. The minimum atomic E-state index is -0.485. The van der Waals surface area contributed by atoms with Crippen molar-refractivity contribution in [2.24, 2.45) is 5.10 Å². The van der Waals surface area contributed by atoms with Gasteiger partial charge in [-0.05, 0) is 30.3 Å². The third-order valence-corrected chi connectivity index (χ3v) is 4.76. The Kier molecular flexibility index (Phi) is 6.14. The van der Waals surface area contributed by atoms with Gasteiger partial charge in [0.05, 0.1) is 25.0 Å².